The lowest BCUT2D eigenvalue weighted by molar-refractivity contribution is 0.0949. The number of methoxy groups -OCH3 is 2. The van der Waals surface area contributed by atoms with Crippen molar-refractivity contribution in [2.75, 3.05) is 58.5 Å². The number of aromatic nitrogens is 1. The first-order valence-electron chi connectivity index (χ1n) is 13.3. The van der Waals surface area contributed by atoms with E-state index in [1.54, 1.807) is 19.4 Å². The molecule has 8 nitrogen and oxygen atoms in total. The highest BCUT2D eigenvalue weighted by Crippen LogP contribution is 2.43. The molecule has 2 heterocycles. The number of nitrogens with zero attached hydrogens (tertiary/aromatic N) is 3. The van der Waals surface area contributed by atoms with Gasteiger partial charge in [0.1, 0.15) is 11.3 Å². The van der Waals surface area contributed by atoms with E-state index in [1.807, 2.05) is 28.5 Å². The van der Waals surface area contributed by atoms with Gasteiger partial charge < -0.3 is 24.3 Å². The molecule has 39 heavy (non-hydrogen) atoms. The van der Waals surface area contributed by atoms with Gasteiger partial charge in [-0.2, -0.15) is 0 Å². The van der Waals surface area contributed by atoms with Crippen molar-refractivity contribution in [3.63, 3.8) is 0 Å². The minimum Gasteiger partial charge on any atom is -0.492 e. The first kappa shape index (κ1) is 27.4. The SMILES string of the molecule is COCCN1CCN(c2c(F)cc3c(=O)c(C(=O)NCc4ccc(Cl)cc4C)cn(C4CC4)c3c2OC)CC1. The quantitative estimate of drug-likeness (QED) is 0.427. The minimum atomic E-state index is -0.529. The Kier molecular flexibility index (Phi) is 8.11. The molecule has 208 valence electrons. The molecule has 0 spiro atoms. The van der Waals surface area contributed by atoms with E-state index in [4.69, 9.17) is 21.1 Å². The highest BCUT2D eigenvalue weighted by Gasteiger charge is 2.32. The molecule has 2 aromatic carbocycles. The number of aryl methyl sites for hydroxylation is 1. The number of hydrogen-bond acceptors (Lipinski definition) is 6. The molecule has 3 aromatic rings. The Morgan fingerprint density at radius 2 is 1.90 bits per heavy atom. The van der Waals surface area contributed by atoms with Crippen LogP contribution < -0.4 is 20.4 Å². The van der Waals surface area contributed by atoms with Crippen molar-refractivity contribution in [3.8, 4) is 5.75 Å². The van der Waals surface area contributed by atoms with Crippen LogP contribution in [0, 0.1) is 12.7 Å². The molecule has 2 aliphatic rings. The average molecular weight is 557 g/mol. The zero-order valence-electron chi connectivity index (χ0n) is 22.6. The Hall–Kier alpha value is -3.14. The number of halogens is 2. The summed E-state index contributed by atoms with van der Waals surface area (Å²) in [7, 11) is 3.18. The smallest absolute Gasteiger partial charge is 0.257 e. The molecule has 0 radical (unpaired) electrons. The molecular formula is C29H34ClFN4O4. The van der Waals surface area contributed by atoms with Crippen LogP contribution in [0.3, 0.4) is 0 Å². The summed E-state index contributed by atoms with van der Waals surface area (Å²) in [5.41, 5.74) is 2.21. The van der Waals surface area contributed by atoms with Crippen LogP contribution in [0.5, 0.6) is 5.75 Å². The second kappa shape index (κ2) is 11.5. The van der Waals surface area contributed by atoms with Gasteiger partial charge in [0.15, 0.2) is 11.6 Å². The number of nitrogens with one attached hydrogen (secondary N) is 1. The van der Waals surface area contributed by atoms with Crippen LogP contribution >= 0.6 is 11.6 Å². The van der Waals surface area contributed by atoms with Crippen molar-refractivity contribution >= 4 is 34.1 Å². The van der Waals surface area contributed by atoms with Gasteiger partial charge in [0, 0.05) is 63.6 Å². The molecule has 1 N–H and O–H groups in total. The number of piperazine rings is 1. The molecule has 1 saturated carbocycles. The van der Waals surface area contributed by atoms with E-state index < -0.39 is 17.2 Å². The van der Waals surface area contributed by atoms with Crippen molar-refractivity contribution in [2.45, 2.75) is 32.4 Å². The van der Waals surface area contributed by atoms with Crippen LogP contribution in [0.25, 0.3) is 10.9 Å². The van der Waals surface area contributed by atoms with E-state index in [0.717, 1.165) is 43.6 Å². The lowest BCUT2D eigenvalue weighted by Crippen LogP contribution is -2.47. The third kappa shape index (κ3) is 5.62. The fraction of sp³-hybridized carbons (Fsp3) is 0.448. The Morgan fingerprint density at radius 3 is 2.54 bits per heavy atom. The summed E-state index contributed by atoms with van der Waals surface area (Å²) in [4.78, 5) is 31.1. The monoisotopic (exact) mass is 556 g/mol. The fourth-order valence-corrected chi connectivity index (χ4v) is 5.50. The summed E-state index contributed by atoms with van der Waals surface area (Å²) in [6.07, 6.45) is 3.44. The number of ether oxygens (including phenoxy) is 2. The van der Waals surface area contributed by atoms with E-state index >= 15 is 4.39 Å². The summed E-state index contributed by atoms with van der Waals surface area (Å²) in [5.74, 6) is -0.692. The standard InChI is InChI=1S/C29H34ClFN4O4/c1-18-14-20(30)5-4-19(18)16-32-29(37)23-17-35(21-6-7-21)25-22(27(23)36)15-24(31)26(28(25)39-3)34-10-8-33(9-11-34)12-13-38-2/h4-5,14-15,17,21H,6-13,16H2,1-3H3,(H,32,37). The first-order valence-corrected chi connectivity index (χ1v) is 13.6. The maximum atomic E-state index is 15.7. The summed E-state index contributed by atoms with van der Waals surface area (Å²) < 4.78 is 28.7. The third-order valence-electron chi connectivity index (χ3n) is 7.63. The van der Waals surface area contributed by atoms with E-state index in [2.05, 4.69) is 10.2 Å². The lowest BCUT2D eigenvalue weighted by atomic mass is 10.1. The van der Waals surface area contributed by atoms with Crippen LogP contribution in [0.2, 0.25) is 5.02 Å². The van der Waals surface area contributed by atoms with E-state index in [-0.39, 0.29) is 23.5 Å². The predicted molar refractivity (Wildman–Crippen MR) is 151 cm³/mol. The van der Waals surface area contributed by atoms with Crippen molar-refractivity contribution in [3.05, 3.63) is 68.2 Å². The number of rotatable bonds is 9. The average Bonchev–Trinajstić information content (AvgIpc) is 3.77. The van der Waals surface area contributed by atoms with Gasteiger partial charge in [-0.05, 0) is 49.1 Å². The normalized spacial score (nSPS) is 16.1. The molecule has 1 aliphatic heterocycles. The van der Waals surface area contributed by atoms with Gasteiger partial charge in [-0.15, -0.1) is 0 Å². The molecule has 1 amide bonds. The molecule has 1 aliphatic carbocycles. The van der Waals surface area contributed by atoms with E-state index in [9.17, 15) is 9.59 Å². The number of fused-ring (bicyclic) bond motifs is 1. The first-order chi connectivity index (χ1) is 18.8. The van der Waals surface area contributed by atoms with Crippen LogP contribution in [0.15, 0.2) is 35.3 Å². The highest BCUT2D eigenvalue weighted by molar-refractivity contribution is 6.30. The number of anilines is 1. The number of hydrogen-bond donors (Lipinski definition) is 1. The molecule has 10 heteroatoms. The maximum absolute atomic E-state index is 15.7. The van der Waals surface area contributed by atoms with Gasteiger partial charge in [0.2, 0.25) is 5.43 Å². The van der Waals surface area contributed by atoms with Crippen molar-refractivity contribution in [1.29, 1.82) is 0 Å². The Morgan fingerprint density at radius 1 is 1.15 bits per heavy atom. The zero-order chi connectivity index (χ0) is 27.7. The van der Waals surface area contributed by atoms with Gasteiger partial charge >= 0.3 is 0 Å². The number of benzene rings is 2. The zero-order valence-corrected chi connectivity index (χ0v) is 23.3. The second-order valence-electron chi connectivity index (χ2n) is 10.2. The van der Waals surface area contributed by atoms with Crippen LogP contribution in [0.1, 0.15) is 40.4 Å². The fourth-order valence-electron chi connectivity index (χ4n) is 5.28. The number of carbonyl (C=O) groups excluding carboxylic acids is 1. The maximum Gasteiger partial charge on any atom is 0.257 e. The molecule has 0 atom stereocenters. The van der Waals surface area contributed by atoms with Crippen LogP contribution in [0.4, 0.5) is 10.1 Å². The van der Waals surface area contributed by atoms with Gasteiger partial charge in [-0.1, -0.05) is 17.7 Å². The van der Waals surface area contributed by atoms with Gasteiger partial charge in [-0.25, -0.2) is 4.39 Å². The number of carbonyl (C=O) groups is 1. The largest absolute Gasteiger partial charge is 0.492 e. The van der Waals surface area contributed by atoms with Crippen molar-refractivity contribution in [1.82, 2.24) is 14.8 Å². The lowest BCUT2D eigenvalue weighted by Gasteiger charge is -2.37. The summed E-state index contributed by atoms with van der Waals surface area (Å²) >= 11 is 6.05. The Balaban J connectivity index is 1.50. The minimum absolute atomic E-state index is 0.0121. The van der Waals surface area contributed by atoms with Crippen LogP contribution in [-0.4, -0.2) is 68.9 Å². The van der Waals surface area contributed by atoms with Gasteiger partial charge in [-0.3, -0.25) is 14.5 Å². The molecule has 1 aromatic heterocycles. The second-order valence-corrected chi connectivity index (χ2v) is 10.7. The number of pyridine rings is 1. The van der Waals surface area contributed by atoms with Gasteiger partial charge in [0.05, 0.1) is 24.6 Å². The topological polar surface area (TPSA) is 76.0 Å². The molecule has 2 fully saturated rings. The third-order valence-corrected chi connectivity index (χ3v) is 7.87. The van der Waals surface area contributed by atoms with Gasteiger partial charge in [0.25, 0.3) is 5.91 Å². The molecule has 0 unspecified atom stereocenters. The summed E-state index contributed by atoms with van der Waals surface area (Å²) in [5, 5.41) is 3.62. The molecule has 5 rings (SSSR count). The Bertz CT molecular complexity index is 1450. The summed E-state index contributed by atoms with van der Waals surface area (Å²) in [6.45, 7) is 6.42. The molecular weight excluding hydrogens is 523 g/mol. The highest BCUT2D eigenvalue weighted by atomic mass is 35.5. The molecule has 0 bridgehead atoms. The number of amides is 1. The summed E-state index contributed by atoms with van der Waals surface area (Å²) in [6, 6.07) is 6.83. The predicted octanol–water partition coefficient (Wildman–Crippen LogP) is 4.14. The van der Waals surface area contributed by atoms with Crippen molar-refractivity contribution in [2.24, 2.45) is 0 Å². The van der Waals surface area contributed by atoms with E-state index in [0.29, 0.717) is 41.7 Å². The van der Waals surface area contributed by atoms with Crippen molar-refractivity contribution < 1.29 is 18.7 Å². The van der Waals surface area contributed by atoms with Crippen LogP contribution in [-0.2, 0) is 11.3 Å². The van der Waals surface area contributed by atoms with E-state index in [1.165, 1.54) is 13.2 Å². The molecule has 1 saturated heterocycles. The Labute approximate surface area is 232 Å².